The van der Waals surface area contributed by atoms with Crippen LogP contribution in [0, 0.1) is 19.7 Å². The number of piperidine rings is 1. The lowest BCUT2D eigenvalue weighted by molar-refractivity contribution is 0.130. The van der Waals surface area contributed by atoms with Gasteiger partial charge in [0.25, 0.3) is 0 Å². The van der Waals surface area contributed by atoms with E-state index in [1.54, 1.807) is 32.0 Å². The molecule has 1 N–H and O–H groups in total. The number of para-hydroxylation sites is 1. The molecule has 2 heterocycles. The maximum absolute atomic E-state index is 13.6. The summed E-state index contributed by atoms with van der Waals surface area (Å²) < 4.78 is 46.3. The van der Waals surface area contributed by atoms with Crippen molar-refractivity contribution in [2.24, 2.45) is 0 Å². The summed E-state index contributed by atoms with van der Waals surface area (Å²) in [4.78, 5) is 0.246. The number of halogens is 1. The van der Waals surface area contributed by atoms with Gasteiger partial charge < -0.3 is 4.74 Å². The van der Waals surface area contributed by atoms with Crippen molar-refractivity contribution in [2.45, 2.75) is 37.7 Å². The normalized spacial score (nSPS) is 17.1. The van der Waals surface area contributed by atoms with Gasteiger partial charge in [0.15, 0.2) is 11.6 Å². The highest BCUT2D eigenvalue weighted by atomic mass is 32.2. The quantitative estimate of drug-likeness (QED) is 0.916. The van der Waals surface area contributed by atoms with Gasteiger partial charge in [-0.3, -0.25) is 5.10 Å². The van der Waals surface area contributed by atoms with Crippen LogP contribution in [0.5, 0.6) is 5.75 Å². The molecule has 0 aliphatic carbocycles. The zero-order chi connectivity index (χ0) is 17.3. The van der Waals surface area contributed by atoms with Crippen molar-refractivity contribution >= 4 is 10.0 Å². The third-order valence-corrected chi connectivity index (χ3v) is 6.35. The van der Waals surface area contributed by atoms with Crippen LogP contribution < -0.4 is 4.74 Å². The summed E-state index contributed by atoms with van der Waals surface area (Å²) in [6, 6.07) is 6.24. The third-order valence-electron chi connectivity index (χ3n) is 4.19. The number of hydrogen-bond acceptors (Lipinski definition) is 4. The van der Waals surface area contributed by atoms with Crippen LogP contribution >= 0.6 is 0 Å². The largest absolute Gasteiger partial charge is 0.487 e. The predicted molar refractivity (Wildman–Crippen MR) is 86.9 cm³/mol. The Morgan fingerprint density at radius 2 is 1.92 bits per heavy atom. The number of hydrogen-bond donors (Lipinski definition) is 1. The number of nitrogens with one attached hydrogen (secondary N) is 1. The average Bonchev–Trinajstić information content (AvgIpc) is 2.89. The molecule has 0 unspecified atom stereocenters. The fourth-order valence-corrected chi connectivity index (χ4v) is 4.76. The molecule has 0 atom stereocenters. The van der Waals surface area contributed by atoms with Gasteiger partial charge in [-0.25, -0.2) is 12.8 Å². The summed E-state index contributed by atoms with van der Waals surface area (Å²) in [6.45, 7) is 4.04. The number of ether oxygens (including phenoxy) is 1. The van der Waals surface area contributed by atoms with E-state index in [4.69, 9.17) is 4.74 Å². The van der Waals surface area contributed by atoms with Crippen molar-refractivity contribution in [1.29, 1.82) is 0 Å². The molecule has 0 amide bonds. The van der Waals surface area contributed by atoms with Crippen LogP contribution in [0.3, 0.4) is 0 Å². The summed E-state index contributed by atoms with van der Waals surface area (Å²) in [6.07, 6.45) is 0.840. The number of aryl methyl sites for hydroxylation is 2. The minimum atomic E-state index is -3.57. The Hall–Kier alpha value is -1.93. The molecule has 0 bridgehead atoms. The summed E-state index contributed by atoms with van der Waals surface area (Å²) >= 11 is 0. The standard InChI is InChI=1S/C16H20FN3O3S/c1-11-16(12(2)19-18-11)24(21,22)20-9-7-13(8-10-20)23-15-6-4-3-5-14(15)17/h3-6,13H,7-10H2,1-2H3,(H,18,19). The highest BCUT2D eigenvalue weighted by Gasteiger charge is 2.33. The second-order valence-corrected chi connectivity index (χ2v) is 7.79. The van der Waals surface area contributed by atoms with Crippen molar-refractivity contribution in [3.63, 3.8) is 0 Å². The molecule has 1 aliphatic heterocycles. The number of rotatable bonds is 4. The first-order valence-electron chi connectivity index (χ1n) is 7.82. The van der Waals surface area contributed by atoms with E-state index in [9.17, 15) is 12.8 Å². The number of sulfonamides is 1. The van der Waals surface area contributed by atoms with Crippen molar-refractivity contribution in [3.05, 3.63) is 41.5 Å². The molecule has 6 nitrogen and oxygen atoms in total. The number of aromatic nitrogens is 2. The van der Waals surface area contributed by atoms with Crippen LogP contribution in [-0.2, 0) is 10.0 Å². The minimum absolute atomic E-state index is 0.195. The molecule has 24 heavy (non-hydrogen) atoms. The van der Waals surface area contributed by atoms with E-state index in [0.717, 1.165) is 0 Å². The summed E-state index contributed by atoms with van der Waals surface area (Å²) in [5.74, 6) is -0.197. The van der Waals surface area contributed by atoms with E-state index < -0.39 is 15.8 Å². The van der Waals surface area contributed by atoms with Crippen molar-refractivity contribution in [3.8, 4) is 5.75 Å². The third kappa shape index (κ3) is 3.16. The molecule has 1 aliphatic rings. The van der Waals surface area contributed by atoms with Crippen molar-refractivity contribution < 1.29 is 17.5 Å². The first kappa shape index (κ1) is 16.9. The monoisotopic (exact) mass is 353 g/mol. The molecule has 3 rings (SSSR count). The van der Waals surface area contributed by atoms with E-state index >= 15 is 0 Å². The molecule has 0 radical (unpaired) electrons. The summed E-state index contributed by atoms with van der Waals surface area (Å²) in [7, 11) is -3.57. The van der Waals surface area contributed by atoms with Crippen molar-refractivity contribution in [1.82, 2.24) is 14.5 Å². The lowest BCUT2D eigenvalue weighted by Crippen LogP contribution is -2.42. The second-order valence-electron chi connectivity index (χ2n) is 5.91. The van der Waals surface area contributed by atoms with Crippen LogP contribution in [-0.4, -0.2) is 42.1 Å². The van der Waals surface area contributed by atoms with Gasteiger partial charge in [-0.05, 0) is 38.8 Å². The number of benzene rings is 1. The Kier molecular flexibility index (Phi) is 4.60. The maximum Gasteiger partial charge on any atom is 0.246 e. The Labute approximate surface area is 140 Å². The van der Waals surface area contributed by atoms with Crippen LogP contribution in [0.15, 0.2) is 29.2 Å². The second kappa shape index (κ2) is 6.52. The van der Waals surface area contributed by atoms with Gasteiger partial charge in [-0.2, -0.15) is 9.40 Å². The SMILES string of the molecule is Cc1n[nH]c(C)c1S(=O)(=O)N1CCC(Oc2ccccc2F)CC1. The fraction of sp³-hybridized carbons (Fsp3) is 0.438. The molecular weight excluding hydrogens is 333 g/mol. The smallest absolute Gasteiger partial charge is 0.246 e. The highest BCUT2D eigenvalue weighted by Crippen LogP contribution is 2.27. The Morgan fingerprint density at radius 1 is 1.25 bits per heavy atom. The van der Waals surface area contributed by atoms with Crippen molar-refractivity contribution in [2.75, 3.05) is 13.1 Å². The molecule has 0 spiro atoms. The zero-order valence-corrected chi connectivity index (χ0v) is 14.4. The van der Waals surface area contributed by atoms with Gasteiger partial charge in [0.05, 0.1) is 11.4 Å². The van der Waals surface area contributed by atoms with Gasteiger partial charge in [-0.1, -0.05) is 12.1 Å². The molecule has 1 fully saturated rings. The molecular formula is C16H20FN3O3S. The molecule has 1 saturated heterocycles. The lowest BCUT2D eigenvalue weighted by Gasteiger charge is -2.31. The van der Waals surface area contributed by atoms with Gasteiger partial charge in [0.2, 0.25) is 10.0 Å². The van der Waals surface area contributed by atoms with Gasteiger partial charge >= 0.3 is 0 Å². The summed E-state index contributed by atoms with van der Waals surface area (Å²) in [5, 5.41) is 6.67. The Balaban J connectivity index is 1.68. The van der Waals surface area contributed by atoms with Crippen LogP contribution in [0.1, 0.15) is 24.2 Å². The minimum Gasteiger partial charge on any atom is -0.487 e. The molecule has 1 aromatic carbocycles. The summed E-state index contributed by atoms with van der Waals surface area (Å²) in [5.41, 5.74) is 1.01. The van der Waals surface area contributed by atoms with Crippen LogP contribution in [0.4, 0.5) is 4.39 Å². The molecule has 2 aromatic rings. The molecule has 1 aromatic heterocycles. The fourth-order valence-electron chi connectivity index (χ4n) is 2.96. The zero-order valence-electron chi connectivity index (χ0n) is 13.6. The van der Waals surface area contributed by atoms with E-state index in [1.807, 2.05) is 0 Å². The molecule has 130 valence electrons. The first-order valence-corrected chi connectivity index (χ1v) is 9.26. The van der Waals surface area contributed by atoms with E-state index in [1.165, 1.54) is 10.4 Å². The number of aromatic amines is 1. The highest BCUT2D eigenvalue weighted by molar-refractivity contribution is 7.89. The van der Waals surface area contributed by atoms with Crippen LogP contribution in [0.25, 0.3) is 0 Å². The lowest BCUT2D eigenvalue weighted by atomic mass is 10.1. The van der Waals surface area contributed by atoms with E-state index in [-0.39, 0.29) is 16.7 Å². The van der Waals surface area contributed by atoms with Crippen LogP contribution in [0.2, 0.25) is 0 Å². The predicted octanol–water partition coefficient (Wildman–Crippen LogP) is 2.40. The topological polar surface area (TPSA) is 75.3 Å². The van der Waals surface area contributed by atoms with Gasteiger partial charge in [0, 0.05) is 13.1 Å². The molecule has 0 saturated carbocycles. The van der Waals surface area contributed by atoms with Gasteiger partial charge in [-0.15, -0.1) is 0 Å². The Bertz CT molecular complexity index is 807. The number of H-pyrrole nitrogens is 1. The Morgan fingerprint density at radius 3 is 2.50 bits per heavy atom. The maximum atomic E-state index is 13.6. The number of nitrogens with zero attached hydrogens (tertiary/aromatic N) is 2. The first-order chi connectivity index (χ1) is 11.4. The van der Waals surface area contributed by atoms with E-state index in [2.05, 4.69) is 10.2 Å². The average molecular weight is 353 g/mol. The molecule has 8 heteroatoms. The van der Waals surface area contributed by atoms with E-state index in [0.29, 0.717) is 37.3 Å². The van der Waals surface area contributed by atoms with Gasteiger partial charge in [0.1, 0.15) is 11.0 Å².